The number of carboxylic acid groups (broad SMARTS) is 2. The second-order valence-electron chi connectivity index (χ2n) is 8.79. The van der Waals surface area contributed by atoms with Gasteiger partial charge in [-0.25, -0.2) is 4.79 Å². The lowest BCUT2D eigenvalue weighted by Gasteiger charge is -2.23. The molecule has 8 N–H and O–H groups in total. The van der Waals surface area contributed by atoms with Crippen molar-refractivity contribution in [2.24, 2.45) is 5.73 Å². The molecule has 2 rings (SSSR count). The van der Waals surface area contributed by atoms with Gasteiger partial charge < -0.3 is 37.0 Å². The summed E-state index contributed by atoms with van der Waals surface area (Å²) in [4.78, 5) is 60.8. The highest BCUT2D eigenvalue weighted by atomic mass is 16.4. The van der Waals surface area contributed by atoms with Gasteiger partial charge in [0.05, 0.1) is 6.04 Å². The molecule has 0 aliphatic heterocycles. The molecule has 2 aromatic rings. The van der Waals surface area contributed by atoms with Gasteiger partial charge in [-0.2, -0.15) is 0 Å². The Balaban J connectivity index is 2.09. The van der Waals surface area contributed by atoms with Gasteiger partial charge in [0.2, 0.25) is 17.7 Å². The normalized spacial score (nSPS) is 13.8. The third-order valence-electron chi connectivity index (χ3n) is 5.66. The average molecular weight is 529 g/mol. The number of carbonyl (C=O) groups is 5. The largest absolute Gasteiger partial charge is 0.508 e. The van der Waals surface area contributed by atoms with Gasteiger partial charge in [-0.3, -0.25) is 19.2 Å². The summed E-state index contributed by atoms with van der Waals surface area (Å²) in [5, 5.41) is 35.2. The van der Waals surface area contributed by atoms with Gasteiger partial charge >= 0.3 is 11.9 Å². The SMILES string of the molecule is CC(NC(=O)C(Cc1ccc(O)cc1)NC(=O)C(N)CCC(=O)O)C(=O)NC(Cc1ccccc1)C(=O)O. The van der Waals surface area contributed by atoms with Crippen LogP contribution in [0.15, 0.2) is 54.6 Å². The Labute approximate surface area is 219 Å². The number of aliphatic carboxylic acids is 2. The smallest absolute Gasteiger partial charge is 0.326 e. The summed E-state index contributed by atoms with van der Waals surface area (Å²) in [5.41, 5.74) is 7.04. The maximum Gasteiger partial charge on any atom is 0.326 e. The number of phenols is 1. The molecule has 12 heteroatoms. The van der Waals surface area contributed by atoms with Gasteiger partial charge in [0.15, 0.2) is 0 Å². The van der Waals surface area contributed by atoms with E-state index in [9.17, 15) is 34.2 Å². The van der Waals surface area contributed by atoms with Crippen molar-refractivity contribution in [2.75, 3.05) is 0 Å². The molecule has 0 fully saturated rings. The Morgan fingerprint density at radius 2 is 1.32 bits per heavy atom. The van der Waals surface area contributed by atoms with Crippen LogP contribution < -0.4 is 21.7 Å². The fourth-order valence-electron chi connectivity index (χ4n) is 3.49. The van der Waals surface area contributed by atoms with E-state index >= 15 is 0 Å². The zero-order valence-corrected chi connectivity index (χ0v) is 20.8. The first kappa shape index (κ1) is 29.8. The van der Waals surface area contributed by atoms with Crippen LogP contribution in [0.2, 0.25) is 0 Å². The molecule has 0 heterocycles. The summed E-state index contributed by atoms with van der Waals surface area (Å²) < 4.78 is 0. The van der Waals surface area contributed by atoms with Gasteiger partial charge in [-0.15, -0.1) is 0 Å². The quantitative estimate of drug-likeness (QED) is 0.175. The Morgan fingerprint density at radius 1 is 0.763 bits per heavy atom. The van der Waals surface area contributed by atoms with E-state index in [2.05, 4.69) is 16.0 Å². The Bertz CT molecular complexity index is 1120. The van der Waals surface area contributed by atoms with Gasteiger partial charge in [-0.1, -0.05) is 42.5 Å². The van der Waals surface area contributed by atoms with Crippen LogP contribution in [0.25, 0.3) is 0 Å². The molecule has 0 aliphatic carbocycles. The minimum Gasteiger partial charge on any atom is -0.508 e. The second kappa shape index (κ2) is 14.3. The van der Waals surface area contributed by atoms with Crippen LogP contribution in [0.1, 0.15) is 30.9 Å². The van der Waals surface area contributed by atoms with E-state index in [1.54, 1.807) is 42.5 Å². The molecule has 0 radical (unpaired) electrons. The Morgan fingerprint density at radius 3 is 1.89 bits per heavy atom. The maximum atomic E-state index is 13.1. The molecule has 204 valence electrons. The number of nitrogens with one attached hydrogen (secondary N) is 3. The van der Waals surface area contributed by atoms with Gasteiger partial charge in [-0.05, 0) is 36.6 Å². The second-order valence-corrected chi connectivity index (χ2v) is 8.79. The van der Waals surface area contributed by atoms with Crippen molar-refractivity contribution in [1.29, 1.82) is 0 Å². The molecule has 4 atom stereocenters. The van der Waals surface area contributed by atoms with Crippen molar-refractivity contribution in [2.45, 2.75) is 56.8 Å². The number of amides is 3. The Hall–Kier alpha value is -4.45. The van der Waals surface area contributed by atoms with E-state index in [4.69, 9.17) is 10.8 Å². The molecule has 4 unspecified atom stereocenters. The van der Waals surface area contributed by atoms with Crippen LogP contribution in [0.3, 0.4) is 0 Å². The molecule has 0 spiro atoms. The lowest BCUT2D eigenvalue weighted by atomic mass is 10.0. The summed E-state index contributed by atoms with van der Waals surface area (Å²) in [5.74, 6) is -4.60. The lowest BCUT2D eigenvalue weighted by molar-refractivity contribution is -0.142. The standard InChI is InChI=1S/C26H32N4O8/c1-15(23(34)30-21(26(37)38)14-16-5-3-2-4-6-16)28-25(36)20(13-17-7-9-18(31)10-8-17)29-24(35)19(27)11-12-22(32)33/h2-10,15,19-21,31H,11-14,27H2,1H3,(H,28,36)(H,29,35)(H,30,34)(H,32,33)(H,37,38). The summed E-state index contributed by atoms with van der Waals surface area (Å²) in [7, 11) is 0. The number of phenolic OH excluding ortho intramolecular Hbond substituents is 1. The highest BCUT2D eigenvalue weighted by Gasteiger charge is 2.29. The first-order valence-corrected chi connectivity index (χ1v) is 11.9. The maximum absolute atomic E-state index is 13.1. The average Bonchev–Trinajstić information content (AvgIpc) is 2.87. The third-order valence-corrected chi connectivity index (χ3v) is 5.66. The molecule has 38 heavy (non-hydrogen) atoms. The molecule has 0 saturated heterocycles. The van der Waals surface area contributed by atoms with Crippen LogP contribution in [0, 0.1) is 0 Å². The van der Waals surface area contributed by atoms with Crippen molar-refractivity contribution >= 4 is 29.7 Å². The summed E-state index contributed by atoms with van der Waals surface area (Å²) in [6.07, 6.45) is -0.472. The molecule has 0 saturated carbocycles. The van der Waals surface area contributed by atoms with Crippen molar-refractivity contribution in [3.63, 3.8) is 0 Å². The van der Waals surface area contributed by atoms with Gasteiger partial charge in [0, 0.05) is 19.3 Å². The summed E-state index contributed by atoms with van der Waals surface area (Å²) in [6.45, 7) is 1.37. The molecular formula is C26H32N4O8. The molecule has 12 nitrogen and oxygen atoms in total. The van der Waals surface area contributed by atoms with Crippen molar-refractivity contribution in [3.05, 3.63) is 65.7 Å². The van der Waals surface area contributed by atoms with Crippen LogP contribution in [-0.4, -0.2) is 69.1 Å². The minimum absolute atomic E-state index is 0.00302. The number of aromatic hydroxyl groups is 1. The predicted molar refractivity (Wildman–Crippen MR) is 136 cm³/mol. The monoisotopic (exact) mass is 528 g/mol. The number of rotatable bonds is 14. The lowest BCUT2D eigenvalue weighted by Crippen LogP contribution is -2.57. The van der Waals surface area contributed by atoms with Crippen LogP contribution >= 0.6 is 0 Å². The van der Waals surface area contributed by atoms with E-state index in [0.29, 0.717) is 11.1 Å². The van der Waals surface area contributed by atoms with Crippen LogP contribution in [0.5, 0.6) is 5.75 Å². The van der Waals surface area contributed by atoms with E-state index in [-0.39, 0.29) is 31.4 Å². The first-order chi connectivity index (χ1) is 18.0. The van der Waals surface area contributed by atoms with Gasteiger partial charge in [0.1, 0.15) is 23.9 Å². The molecule has 0 aliphatic rings. The van der Waals surface area contributed by atoms with E-state index in [0.717, 1.165) is 0 Å². The van der Waals surface area contributed by atoms with Crippen LogP contribution in [0.4, 0.5) is 0 Å². The Kier molecular flexibility index (Phi) is 11.2. The fourth-order valence-corrected chi connectivity index (χ4v) is 3.49. The topological polar surface area (TPSA) is 208 Å². The van der Waals surface area contributed by atoms with Crippen molar-refractivity contribution in [1.82, 2.24) is 16.0 Å². The summed E-state index contributed by atoms with van der Waals surface area (Å²) in [6, 6.07) is 9.85. The zero-order chi connectivity index (χ0) is 28.2. The van der Waals surface area contributed by atoms with E-state index in [1.807, 2.05) is 0 Å². The van der Waals surface area contributed by atoms with Crippen molar-refractivity contribution < 1.29 is 39.3 Å². The first-order valence-electron chi connectivity index (χ1n) is 11.9. The van der Waals surface area contributed by atoms with Crippen molar-refractivity contribution in [3.8, 4) is 5.75 Å². The van der Waals surface area contributed by atoms with E-state index < -0.39 is 53.8 Å². The van der Waals surface area contributed by atoms with Gasteiger partial charge in [0.25, 0.3) is 0 Å². The minimum atomic E-state index is -1.24. The molecule has 0 bridgehead atoms. The number of hydrogen-bond acceptors (Lipinski definition) is 7. The highest BCUT2D eigenvalue weighted by molar-refractivity contribution is 5.94. The predicted octanol–water partition coefficient (Wildman–Crippen LogP) is -0.0716. The highest BCUT2D eigenvalue weighted by Crippen LogP contribution is 2.12. The number of hydrogen-bond donors (Lipinski definition) is 7. The molecular weight excluding hydrogens is 496 g/mol. The number of nitrogens with two attached hydrogens (primary N) is 1. The third kappa shape index (κ3) is 9.90. The number of carbonyl (C=O) groups excluding carboxylic acids is 3. The summed E-state index contributed by atoms with van der Waals surface area (Å²) >= 11 is 0. The molecule has 2 aromatic carbocycles. The van der Waals surface area contributed by atoms with E-state index in [1.165, 1.54) is 19.1 Å². The number of carboxylic acids is 2. The number of benzene rings is 2. The zero-order valence-electron chi connectivity index (χ0n) is 20.8. The fraction of sp³-hybridized carbons (Fsp3) is 0.346. The molecule has 3 amide bonds. The van der Waals surface area contributed by atoms with Crippen LogP contribution in [-0.2, 0) is 36.8 Å². The molecule has 0 aromatic heterocycles.